The summed E-state index contributed by atoms with van der Waals surface area (Å²) in [5, 5.41) is 6.36. The molecule has 4 nitrogen and oxygen atoms in total. The van der Waals surface area contributed by atoms with Crippen molar-refractivity contribution < 1.29 is 9.53 Å². The van der Waals surface area contributed by atoms with Crippen LogP contribution in [0.4, 0.5) is 5.69 Å². The van der Waals surface area contributed by atoms with E-state index in [1.165, 1.54) is 12.8 Å². The molecule has 0 spiro atoms. The van der Waals surface area contributed by atoms with Crippen molar-refractivity contribution in [1.29, 1.82) is 0 Å². The number of piperidine rings is 1. The Bertz CT molecular complexity index is 468. The fraction of sp³-hybridized carbons (Fsp3) is 0.611. The van der Waals surface area contributed by atoms with Crippen molar-refractivity contribution in [2.45, 2.75) is 52.2 Å². The minimum atomic E-state index is 0.112. The predicted molar refractivity (Wildman–Crippen MR) is 89.8 cm³/mol. The van der Waals surface area contributed by atoms with Gasteiger partial charge < -0.3 is 15.4 Å². The third-order valence-electron chi connectivity index (χ3n) is 4.03. The van der Waals surface area contributed by atoms with Crippen LogP contribution in [-0.2, 0) is 16.1 Å². The zero-order chi connectivity index (χ0) is 15.8. The summed E-state index contributed by atoms with van der Waals surface area (Å²) in [4.78, 5) is 12.1. The number of nitrogens with one attached hydrogen (secondary N) is 2. The molecule has 1 aliphatic rings. The van der Waals surface area contributed by atoms with E-state index in [1.807, 2.05) is 38.1 Å². The Hall–Kier alpha value is -1.39. The predicted octanol–water partition coefficient (Wildman–Crippen LogP) is 3.33. The van der Waals surface area contributed by atoms with Crippen molar-refractivity contribution in [3.05, 3.63) is 29.8 Å². The molecule has 1 heterocycles. The first kappa shape index (κ1) is 17.0. The quantitative estimate of drug-likeness (QED) is 0.812. The highest BCUT2D eigenvalue weighted by atomic mass is 16.5. The average Bonchev–Trinajstić information content (AvgIpc) is 2.52. The van der Waals surface area contributed by atoms with Crippen LogP contribution in [0.5, 0.6) is 0 Å². The smallest absolute Gasteiger partial charge is 0.224 e. The molecule has 1 amide bonds. The first-order chi connectivity index (χ1) is 10.6. The standard InChI is InChI=1S/C18H28N2O2/c1-14(2)22-13-16-4-3-5-17(12-16)20-18(21)7-6-15-8-10-19-11-9-15/h3-5,12,14-15,19H,6-11,13H2,1-2H3,(H,20,21). The molecular formula is C18H28N2O2. The number of rotatable bonds is 7. The largest absolute Gasteiger partial charge is 0.374 e. The molecule has 0 unspecified atom stereocenters. The second kappa shape index (κ2) is 8.91. The van der Waals surface area contributed by atoms with Crippen LogP contribution in [0, 0.1) is 5.92 Å². The van der Waals surface area contributed by atoms with E-state index in [0.29, 0.717) is 18.9 Å². The van der Waals surface area contributed by atoms with Gasteiger partial charge in [0.25, 0.3) is 0 Å². The summed E-state index contributed by atoms with van der Waals surface area (Å²) in [6.07, 6.45) is 4.19. The van der Waals surface area contributed by atoms with E-state index in [2.05, 4.69) is 10.6 Å². The van der Waals surface area contributed by atoms with E-state index >= 15 is 0 Å². The Balaban J connectivity index is 1.76. The molecule has 1 fully saturated rings. The van der Waals surface area contributed by atoms with Crippen molar-refractivity contribution in [3.8, 4) is 0 Å². The van der Waals surface area contributed by atoms with E-state index in [-0.39, 0.29) is 12.0 Å². The maximum Gasteiger partial charge on any atom is 0.224 e. The van der Waals surface area contributed by atoms with Gasteiger partial charge in [0.05, 0.1) is 12.7 Å². The van der Waals surface area contributed by atoms with Gasteiger partial charge in [-0.3, -0.25) is 4.79 Å². The third kappa shape index (κ3) is 6.16. The minimum absolute atomic E-state index is 0.112. The first-order valence-corrected chi connectivity index (χ1v) is 8.34. The van der Waals surface area contributed by atoms with Crippen LogP contribution in [0.1, 0.15) is 45.1 Å². The first-order valence-electron chi connectivity index (χ1n) is 8.34. The summed E-state index contributed by atoms with van der Waals surface area (Å²) < 4.78 is 5.60. The number of amides is 1. The maximum absolute atomic E-state index is 12.1. The van der Waals surface area contributed by atoms with Crippen molar-refractivity contribution >= 4 is 11.6 Å². The normalized spacial score (nSPS) is 16.0. The van der Waals surface area contributed by atoms with E-state index < -0.39 is 0 Å². The third-order valence-corrected chi connectivity index (χ3v) is 4.03. The minimum Gasteiger partial charge on any atom is -0.374 e. The molecule has 0 aliphatic carbocycles. The van der Waals surface area contributed by atoms with Crippen LogP contribution in [0.15, 0.2) is 24.3 Å². The van der Waals surface area contributed by atoms with Gasteiger partial charge in [-0.15, -0.1) is 0 Å². The molecular weight excluding hydrogens is 276 g/mol. The fourth-order valence-electron chi connectivity index (χ4n) is 2.73. The van der Waals surface area contributed by atoms with Gasteiger partial charge in [0, 0.05) is 12.1 Å². The Kier molecular flexibility index (Phi) is 6.87. The molecule has 1 aromatic carbocycles. The highest BCUT2D eigenvalue weighted by Gasteiger charge is 2.14. The summed E-state index contributed by atoms with van der Waals surface area (Å²) >= 11 is 0. The van der Waals surface area contributed by atoms with Gasteiger partial charge in [-0.25, -0.2) is 0 Å². The second-order valence-corrected chi connectivity index (χ2v) is 6.34. The number of anilines is 1. The van der Waals surface area contributed by atoms with Gasteiger partial charge in [-0.1, -0.05) is 12.1 Å². The molecule has 22 heavy (non-hydrogen) atoms. The molecule has 122 valence electrons. The van der Waals surface area contributed by atoms with E-state index in [4.69, 9.17) is 4.74 Å². The Morgan fingerprint density at radius 3 is 2.86 bits per heavy atom. The Morgan fingerprint density at radius 2 is 2.14 bits per heavy atom. The second-order valence-electron chi connectivity index (χ2n) is 6.34. The summed E-state index contributed by atoms with van der Waals surface area (Å²) in [5.41, 5.74) is 1.95. The van der Waals surface area contributed by atoms with Crippen LogP contribution in [0.2, 0.25) is 0 Å². The number of carbonyl (C=O) groups is 1. The lowest BCUT2D eigenvalue weighted by molar-refractivity contribution is -0.116. The molecule has 4 heteroatoms. The SMILES string of the molecule is CC(C)OCc1cccc(NC(=O)CCC2CCNCC2)c1. The van der Waals surface area contributed by atoms with E-state index in [0.717, 1.165) is 30.8 Å². The number of carbonyl (C=O) groups excluding carboxylic acids is 1. The molecule has 1 aromatic rings. The van der Waals surface area contributed by atoms with Gasteiger partial charge in [0.15, 0.2) is 0 Å². The molecule has 0 atom stereocenters. The molecule has 0 bridgehead atoms. The van der Waals surface area contributed by atoms with Crippen LogP contribution in [0.25, 0.3) is 0 Å². The van der Waals surface area contributed by atoms with Crippen molar-refractivity contribution in [2.75, 3.05) is 18.4 Å². The molecule has 2 rings (SSSR count). The highest BCUT2D eigenvalue weighted by Crippen LogP contribution is 2.18. The van der Waals surface area contributed by atoms with Gasteiger partial charge in [0.1, 0.15) is 0 Å². The molecule has 1 aliphatic heterocycles. The number of benzene rings is 1. The maximum atomic E-state index is 12.1. The molecule has 0 saturated carbocycles. The zero-order valence-electron chi connectivity index (χ0n) is 13.7. The lowest BCUT2D eigenvalue weighted by atomic mass is 9.93. The van der Waals surface area contributed by atoms with Crippen LogP contribution in [-0.4, -0.2) is 25.1 Å². The lowest BCUT2D eigenvalue weighted by Gasteiger charge is -2.22. The summed E-state index contributed by atoms with van der Waals surface area (Å²) in [6.45, 7) is 6.80. The van der Waals surface area contributed by atoms with Crippen LogP contribution >= 0.6 is 0 Å². The Morgan fingerprint density at radius 1 is 1.36 bits per heavy atom. The summed E-state index contributed by atoms with van der Waals surface area (Å²) in [7, 11) is 0. The van der Waals surface area contributed by atoms with E-state index in [1.54, 1.807) is 0 Å². The van der Waals surface area contributed by atoms with Gasteiger partial charge >= 0.3 is 0 Å². The monoisotopic (exact) mass is 304 g/mol. The number of hydrogen-bond acceptors (Lipinski definition) is 3. The topological polar surface area (TPSA) is 50.4 Å². The van der Waals surface area contributed by atoms with Crippen molar-refractivity contribution in [2.24, 2.45) is 5.92 Å². The molecule has 1 saturated heterocycles. The van der Waals surface area contributed by atoms with Crippen LogP contribution in [0.3, 0.4) is 0 Å². The number of hydrogen-bond donors (Lipinski definition) is 2. The summed E-state index contributed by atoms with van der Waals surface area (Å²) in [6, 6.07) is 7.90. The summed E-state index contributed by atoms with van der Waals surface area (Å²) in [5.74, 6) is 0.804. The highest BCUT2D eigenvalue weighted by molar-refractivity contribution is 5.90. The fourth-order valence-corrected chi connectivity index (χ4v) is 2.73. The zero-order valence-corrected chi connectivity index (χ0v) is 13.7. The van der Waals surface area contributed by atoms with Crippen LogP contribution < -0.4 is 10.6 Å². The van der Waals surface area contributed by atoms with Crippen molar-refractivity contribution in [1.82, 2.24) is 5.32 Å². The Labute approximate surface area is 133 Å². The van der Waals surface area contributed by atoms with Gasteiger partial charge in [0.2, 0.25) is 5.91 Å². The lowest BCUT2D eigenvalue weighted by Crippen LogP contribution is -2.28. The molecule has 2 N–H and O–H groups in total. The number of ether oxygens (including phenoxy) is 1. The molecule has 0 radical (unpaired) electrons. The van der Waals surface area contributed by atoms with Crippen molar-refractivity contribution in [3.63, 3.8) is 0 Å². The average molecular weight is 304 g/mol. The van der Waals surface area contributed by atoms with Gasteiger partial charge in [-0.05, 0) is 69.8 Å². The molecule has 0 aromatic heterocycles. The van der Waals surface area contributed by atoms with Gasteiger partial charge in [-0.2, -0.15) is 0 Å². The van der Waals surface area contributed by atoms with E-state index in [9.17, 15) is 4.79 Å².